The molecule has 0 saturated carbocycles. The fourth-order valence-electron chi connectivity index (χ4n) is 3.04. The molecule has 1 heterocycles. The molecule has 0 atom stereocenters. The number of benzene rings is 3. The maximum Gasteiger partial charge on any atom is 0.337 e. The van der Waals surface area contributed by atoms with Crippen molar-refractivity contribution < 1.29 is 9.90 Å². The van der Waals surface area contributed by atoms with Crippen LogP contribution >= 0.6 is 11.6 Å². The lowest BCUT2D eigenvalue weighted by Gasteiger charge is -2.12. The van der Waals surface area contributed by atoms with Crippen molar-refractivity contribution in [3.63, 3.8) is 0 Å². The smallest absolute Gasteiger partial charge is 0.337 e. The molecule has 4 nitrogen and oxygen atoms in total. The van der Waals surface area contributed by atoms with E-state index in [0.717, 1.165) is 22.3 Å². The van der Waals surface area contributed by atoms with E-state index in [2.05, 4.69) is 9.88 Å². The van der Waals surface area contributed by atoms with E-state index in [1.54, 1.807) is 12.1 Å². The number of nitrogens with one attached hydrogen (secondary N) is 1. The summed E-state index contributed by atoms with van der Waals surface area (Å²) in [7, 11) is 0. The third-order valence-corrected chi connectivity index (χ3v) is 4.48. The van der Waals surface area contributed by atoms with Crippen LogP contribution in [0.5, 0.6) is 0 Å². The quantitative estimate of drug-likeness (QED) is 0.487. The Labute approximate surface area is 155 Å². The molecule has 1 aromatic heterocycles. The van der Waals surface area contributed by atoms with Crippen LogP contribution in [0, 0.1) is 0 Å². The summed E-state index contributed by atoms with van der Waals surface area (Å²) in [5.74, 6) is -1.02. The van der Waals surface area contributed by atoms with E-state index in [9.17, 15) is 9.90 Å². The predicted molar refractivity (Wildman–Crippen MR) is 105 cm³/mol. The van der Waals surface area contributed by atoms with Crippen LogP contribution in [-0.4, -0.2) is 15.6 Å². The lowest BCUT2D eigenvalue weighted by molar-refractivity contribution is 0.0698. The Morgan fingerprint density at radius 3 is 2.50 bits per heavy atom. The number of anilines is 2. The Kier molecular flexibility index (Phi) is 4.11. The highest BCUT2D eigenvalue weighted by atomic mass is 35.5. The molecule has 0 aliphatic carbocycles. The van der Waals surface area contributed by atoms with Gasteiger partial charge in [0.2, 0.25) is 0 Å². The van der Waals surface area contributed by atoms with E-state index < -0.39 is 5.97 Å². The number of rotatable bonds is 4. The summed E-state index contributed by atoms with van der Waals surface area (Å²) < 4.78 is 2.10. The van der Waals surface area contributed by atoms with Crippen molar-refractivity contribution in [2.24, 2.45) is 0 Å². The Balaban J connectivity index is 1.80. The molecule has 0 amide bonds. The summed E-state index contributed by atoms with van der Waals surface area (Å²) in [6.45, 7) is 0. The van der Waals surface area contributed by atoms with Crippen LogP contribution in [0.15, 0.2) is 79.0 Å². The number of hydrogen-bond acceptors (Lipinski definition) is 2. The van der Waals surface area contributed by atoms with Crippen molar-refractivity contribution in [1.82, 2.24) is 4.57 Å². The lowest BCUT2D eigenvalue weighted by atomic mass is 10.1. The molecule has 0 aliphatic heterocycles. The van der Waals surface area contributed by atoms with Crippen LogP contribution in [0.4, 0.5) is 11.4 Å². The zero-order valence-corrected chi connectivity index (χ0v) is 14.4. The van der Waals surface area contributed by atoms with Gasteiger partial charge in [0.15, 0.2) is 0 Å². The van der Waals surface area contributed by atoms with Gasteiger partial charge in [0.1, 0.15) is 0 Å². The number of fused-ring (bicyclic) bond motifs is 1. The molecule has 4 aromatic rings. The van der Waals surface area contributed by atoms with E-state index >= 15 is 0 Å². The van der Waals surface area contributed by atoms with Crippen LogP contribution in [0.2, 0.25) is 5.02 Å². The molecule has 3 aromatic carbocycles. The molecule has 4 rings (SSSR count). The van der Waals surface area contributed by atoms with Crippen LogP contribution in [0.25, 0.3) is 16.6 Å². The molecule has 5 heteroatoms. The normalized spacial score (nSPS) is 10.8. The molecule has 0 aliphatic rings. The molecule has 0 fully saturated rings. The van der Waals surface area contributed by atoms with Crippen LogP contribution in [-0.2, 0) is 0 Å². The monoisotopic (exact) mass is 362 g/mol. The standard InChI is InChI=1S/C21H15ClN2O2/c22-14-9-10-19(17(13-14)21(25)26)23-18-7-4-8-20-16(18)11-12-24(20)15-5-2-1-3-6-15/h1-13,23H,(H,25,26). The summed E-state index contributed by atoms with van der Waals surface area (Å²) >= 11 is 5.94. The number of halogens is 1. The van der Waals surface area contributed by atoms with Gasteiger partial charge in [-0.25, -0.2) is 4.79 Å². The first-order chi connectivity index (χ1) is 12.6. The number of nitrogens with zero attached hydrogens (tertiary/aromatic N) is 1. The van der Waals surface area contributed by atoms with Crippen molar-refractivity contribution in [2.75, 3.05) is 5.32 Å². The average molecular weight is 363 g/mol. The number of para-hydroxylation sites is 1. The number of aromatic carboxylic acids is 1. The molecule has 128 valence electrons. The maximum atomic E-state index is 11.5. The second kappa shape index (κ2) is 6.58. The highest BCUT2D eigenvalue weighted by Crippen LogP contribution is 2.31. The van der Waals surface area contributed by atoms with E-state index in [1.807, 2.05) is 60.8 Å². The van der Waals surface area contributed by atoms with Crippen molar-refractivity contribution in [3.05, 3.63) is 89.6 Å². The Morgan fingerprint density at radius 1 is 0.923 bits per heavy atom. The van der Waals surface area contributed by atoms with E-state index in [0.29, 0.717) is 10.7 Å². The van der Waals surface area contributed by atoms with Gasteiger partial charge in [-0.1, -0.05) is 35.9 Å². The van der Waals surface area contributed by atoms with Crippen molar-refractivity contribution >= 4 is 39.8 Å². The second-order valence-corrected chi connectivity index (χ2v) is 6.32. The van der Waals surface area contributed by atoms with Gasteiger partial charge in [0, 0.05) is 28.0 Å². The first-order valence-electron chi connectivity index (χ1n) is 8.09. The number of carbonyl (C=O) groups is 1. The fourth-order valence-corrected chi connectivity index (χ4v) is 3.21. The molecule has 0 bridgehead atoms. The minimum atomic E-state index is -1.02. The van der Waals surface area contributed by atoms with Gasteiger partial charge >= 0.3 is 5.97 Å². The van der Waals surface area contributed by atoms with Gasteiger partial charge in [-0.15, -0.1) is 0 Å². The molecule has 0 spiro atoms. The minimum absolute atomic E-state index is 0.136. The van der Waals surface area contributed by atoms with Gasteiger partial charge in [0.05, 0.1) is 16.8 Å². The summed E-state index contributed by atoms with van der Waals surface area (Å²) in [4.78, 5) is 11.5. The van der Waals surface area contributed by atoms with Gasteiger partial charge in [-0.3, -0.25) is 0 Å². The van der Waals surface area contributed by atoms with Crippen LogP contribution < -0.4 is 5.32 Å². The summed E-state index contributed by atoms with van der Waals surface area (Å²) in [6, 6.07) is 22.8. The first-order valence-corrected chi connectivity index (χ1v) is 8.46. The van der Waals surface area contributed by atoms with E-state index in [1.165, 1.54) is 6.07 Å². The van der Waals surface area contributed by atoms with Gasteiger partial charge in [0.25, 0.3) is 0 Å². The molecule has 0 unspecified atom stereocenters. The first kappa shape index (κ1) is 16.2. The predicted octanol–water partition coefficient (Wildman–Crippen LogP) is 5.73. The van der Waals surface area contributed by atoms with E-state index in [4.69, 9.17) is 11.6 Å². The fraction of sp³-hybridized carbons (Fsp3) is 0. The molecule has 0 saturated heterocycles. The van der Waals surface area contributed by atoms with Gasteiger partial charge in [-0.2, -0.15) is 0 Å². The molecular formula is C21H15ClN2O2. The SMILES string of the molecule is O=C(O)c1cc(Cl)ccc1Nc1cccc2c1ccn2-c1ccccc1. The maximum absolute atomic E-state index is 11.5. The lowest BCUT2D eigenvalue weighted by Crippen LogP contribution is -2.03. The molecule has 0 radical (unpaired) electrons. The van der Waals surface area contributed by atoms with E-state index in [-0.39, 0.29) is 5.56 Å². The number of carboxylic acids is 1. The topological polar surface area (TPSA) is 54.3 Å². The third-order valence-electron chi connectivity index (χ3n) is 4.25. The second-order valence-electron chi connectivity index (χ2n) is 5.88. The van der Waals surface area contributed by atoms with Crippen molar-refractivity contribution in [3.8, 4) is 5.69 Å². The Hall–Kier alpha value is -3.24. The zero-order chi connectivity index (χ0) is 18.1. The van der Waals surface area contributed by atoms with Crippen LogP contribution in [0.3, 0.4) is 0 Å². The molecular weight excluding hydrogens is 348 g/mol. The van der Waals surface area contributed by atoms with Crippen molar-refractivity contribution in [1.29, 1.82) is 0 Å². The minimum Gasteiger partial charge on any atom is -0.478 e. The largest absolute Gasteiger partial charge is 0.478 e. The number of carboxylic acid groups (broad SMARTS) is 1. The zero-order valence-electron chi connectivity index (χ0n) is 13.7. The highest BCUT2D eigenvalue weighted by Gasteiger charge is 2.13. The van der Waals surface area contributed by atoms with Crippen LogP contribution in [0.1, 0.15) is 10.4 Å². The Bertz CT molecular complexity index is 1100. The number of aromatic nitrogens is 1. The summed E-state index contributed by atoms with van der Waals surface area (Å²) in [6.07, 6.45) is 2.01. The molecule has 26 heavy (non-hydrogen) atoms. The molecule has 2 N–H and O–H groups in total. The Morgan fingerprint density at radius 2 is 1.73 bits per heavy atom. The highest BCUT2D eigenvalue weighted by molar-refractivity contribution is 6.31. The number of hydrogen-bond donors (Lipinski definition) is 2. The third kappa shape index (κ3) is 2.91. The van der Waals surface area contributed by atoms with Gasteiger partial charge in [-0.05, 0) is 48.5 Å². The summed E-state index contributed by atoms with van der Waals surface area (Å²) in [5.41, 5.74) is 3.57. The van der Waals surface area contributed by atoms with Gasteiger partial charge < -0.3 is 15.0 Å². The summed E-state index contributed by atoms with van der Waals surface area (Å²) in [5, 5.41) is 14.1. The average Bonchev–Trinajstić information content (AvgIpc) is 3.09. The van der Waals surface area contributed by atoms with Crippen molar-refractivity contribution in [2.45, 2.75) is 0 Å².